The van der Waals surface area contributed by atoms with E-state index in [2.05, 4.69) is 41.4 Å². The highest BCUT2D eigenvalue weighted by atomic mass is 16.1. The zero-order valence-corrected chi connectivity index (χ0v) is 19.6. The standard InChI is InChI=1S/C25H31N7O/c1-4-6-9-15-31-18(3)23(10-5-2)32(25(31)33)17-20-14-13-19(16-26-20)21-11-7-8-12-22(21)24-27-29-30-28-24/h7-8,11-14,16H,4-6,9-10,15,17H2,1-3H3,(H,27,28,29,30). The predicted octanol–water partition coefficient (Wildman–Crippen LogP) is 4.39. The van der Waals surface area contributed by atoms with Crippen molar-refractivity contribution in [1.82, 2.24) is 34.7 Å². The largest absolute Gasteiger partial charge is 0.328 e. The maximum atomic E-state index is 13.2. The Morgan fingerprint density at radius 2 is 1.79 bits per heavy atom. The Balaban J connectivity index is 1.62. The Morgan fingerprint density at radius 3 is 2.45 bits per heavy atom. The van der Waals surface area contributed by atoms with Crippen LogP contribution in [0.4, 0.5) is 0 Å². The molecule has 1 N–H and O–H groups in total. The fourth-order valence-corrected chi connectivity index (χ4v) is 4.31. The van der Waals surface area contributed by atoms with Gasteiger partial charge in [-0.05, 0) is 41.8 Å². The summed E-state index contributed by atoms with van der Waals surface area (Å²) < 4.78 is 3.84. The summed E-state index contributed by atoms with van der Waals surface area (Å²) in [4.78, 5) is 17.9. The van der Waals surface area contributed by atoms with E-state index in [4.69, 9.17) is 4.98 Å². The zero-order chi connectivity index (χ0) is 23.2. The average molecular weight is 446 g/mol. The van der Waals surface area contributed by atoms with Crippen molar-refractivity contribution in [2.75, 3.05) is 0 Å². The van der Waals surface area contributed by atoms with E-state index in [0.717, 1.165) is 72.4 Å². The van der Waals surface area contributed by atoms with E-state index >= 15 is 0 Å². The maximum Gasteiger partial charge on any atom is 0.328 e. The van der Waals surface area contributed by atoms with Gasteiger partial charge in [-0.2, -0.15) is 0 Å². The maximum absolute atomic E-state index is 13.2. The number of pyridine rings is 1. The van der Waals surface area contributed by atoms with Gasteiger partial charge < -0.3 is 0 Å². The normalized spacial score (nSPS) is 11.2. The van der Waals surface area contributed by atoms with Crippen molar-refractivity contribution in [1.29, 1.82) is 0 Å². The molecule has 172 valence electrons. The number of nitrogens with one attached hydrogen (secondary N) is 1. The van der Waals surface area contributed by atoms with Crippen LogP contribution in [0.5, 0.6) is 0 Å². The van der Waals surface area contributed by atoms with Crippen LogP contribution >= 0.6 is 0 Å². The molecule has 0 bridgehead atoms. The second kappa shape index (κ2) is 10.4. The molecule has 33 heavy (non-hydrogen) atoms. The smallest absolute Gasteiger partial charge is 0.296 e. The molecule has 3 aromatic heterocycles. The Labute approximate surface area is 193 Å². The summed E-state index contributed by atoms with van der Waals surface area (Å²) in [5, 5.41) is 14.2. The van der Waals surface area contributed by atoms with Gasteiger partial charge in [0.1, 0.15) is 0 Å². The lowest BCUT2D eigenvalue weighted by Crippen LogP contribution is -2.26. The highest BCUT2D eigenvalue weighted by Gasteiger charge is 2.17. The van der Waals surface area contributed by atoms with Crippen LogP contribution in [0, 0.1) is 6.92 Å². The number of H-pyrrole nitrogens is 1. The van der Waals surface area contributed by atoms with Crippen molar-refractivity contribution >= 4 is 0 Å². The molecule has 3 heterocycles. The van der Waals surface area contributed by atoms with Gasteiger partial charge in [0.2, 0.25) is 0 Å². The van der Waals surface area contributed by atoms with E-state index in [1.807, 2.05) is 51.7 Å². The topological polar surface area (TPSA) is 94.3 Å². The zero-order valence-electron chi connectivity index (χ0n) is 19.6. The van der Waals surface area contributed by atoms with Crippen molar-refractivity contribution in [3.8, 4) is 22.5 Å². The highest BCUT2D eigenvalue weighted by Crippen LogP contribution is 2.29. The molecule has 0 aliphatic heterocycles. The third kappa shape index (κ3) is 4.79. The van der Waals surface area contributed by atoms with Gasteiger partial charge in [-0.3, -0.25) is 14.1 Å². The molecule has 0 saturated carbocycles. The van der Waals surface area contributed by atoms with Gasteiger partial charge in [0, 0.05) is 35.3 Å². The number of nitrogens with zero attached hydrogens (tertiary/aromatic N) is 6. The number of benzene rings is 1. The SMILES string of the molecule is CCCCCn1c(C)c(CCC)n(Cc2ccc(-c3ccccc3-c3nnn[nH]3)cn2)c1=O. The van der Waals surface area contributed by atoms with Crippen molar-refractivity contribution in [3.63, 3.8) is 0 Å². The van der Waals surface area contributed by atoms with Crippen LogP contribution in [0.2, 0.25) is 0 Å². The quantitative estimate of drug-likeness (QED) is 0.365. The Hall–Kier alpha value is -3.55. The number of hydrogen-bond acceptors (Lipinski definition) is 5. The Bertz CT molecular complexity index is 1240. The van der Waals surface area contributed by atoms with Gasteiger partial charge in [0.05, 0.1) is 12.2 Å². The summed E-state index contributed by atoms with van der Waals surface area (Å²) in [5.41, 5.74) is 6.02. The summed E-state index contributed by atoms with van der Waals surface area (Å²) in [6.07, 6.45) is 7.04. The predicted molar refractivity (Wildman–Crippen MR) is 129 cm³/mol. The minimum Gasteiger partial charge on any atom is -0.296 e. The van der Waals surface area contributed by atoms with Crippen molar-refractivity contribution in [3.05, 3.63) is 70.2 Å². The van der Waals surface area contributed by atoms with Crippen molar-refractivity contribution < 1.29 is 0 Å². The van der Waals surface area contributed by atoms with Crippen molar-refractivity contribution in [2.45, 2.75) is 66.0 Å². The molecule has 0 fully saturated rings. The Kier molecular flexibility index (Phi) is 7.12. The minimum absolute atomic E-state index is 0.0705. The first-order chi connectivity index (χ1) is 16.1. The number of tetrazole rings is 1. The number of unbranched alkanes of at least 4 members (excludes halogenated alkanes) is 2. The summed E-state index contributed by atoms with van der Waals surface area (Å²) in [6.45, 7) is 7.66. The molecule has 0 atom stereocenters. The van der Waals surface area contributed by atoms with Crippen LogP contribution in [0.15, 0.2) is 47.4 Å². The minimum atomic E-state index is 0.0705. The van der Waals surface area contributed by atoms with Crippen LogP contribution in [0.25, 0.3) is 22.5 Å². The fourth-order valence-electron chi connectivity index (χ4n) is 4.31. The lowest BCUT2D eigenvalue weighted by Gasteiger charge is -2.09. The van der Waals surface area contributed by atoms with Gasteiger partial charge in [0.15, 0.2) is 5.82 Å². The van der Waals surface area contributed by atoms with E-state index < -0.39 is 0 Å². The molecule has 0 aliphatic rings. The summed E-state index contributed by atoms with van der Waals surface area (Å²) in [6, 6.07) is 12.0. The lowest BCUT2D eigenvalue weighted by molar-refractivity contribution is 0.565. The highest BCUT2D eigenvalue weighted by molar-refractivity contribution is 5.79. The molecule has 0 aliphatic carbocycles. The van der Waals surface area contributed by atoms with Gasteiger partial charge in [-0.1, -0.05) is 63.4 Å². The number of aromatic amines is 1. The molecule has 0 unspecified atom stereocenters. The molecular weight excluding hydrogens is 414 g/mol. The molecule has 0 saturated heterocycles. The molecule has 8 nitrogen and oxygen atoms in total. The molecule has 8 heteroatoms. The van der Waals surface area contributed by atoms with Crippen LogP contribution in [-0.2, 0) is 19.5 Å². The second-order valence-electron chi connectivity index (χ2n) is 8.34. The molecule has 1 aromatic carbocycles. The van der Waals surface area contributed by atoms with Crippen LogP contribution in [-0.4, -0.2) is 34.7 Å². The summed E-state index contributed by atoms with van der Waals surface area (Å²) in [7, 11) is 0. The third-order valence-electron chi connectivity index (χ3n) is 6.07. The first kappa shape index (κ1) is 22.6. The first-order valence-corrected chi connectivity index (χ1v) is 11.7. The van der Waals surface area contributed by atoms with E-state index in [0.29, 0.717) is 12.4 Å². The number of imidazole rings is 1. The van der Waals surface area contributed by atoms with E-state index in [9.17, 15) is 4.79 Å². The molecule has 0 amide bonds. The second-order valence-corrected chi connectivity index (χ2v) is 8.34. The number of rotatable bonds is 10. The van der Waals surface area contributed by atoms with Crippen LogP contribution < -0.4 is 5.69 Å². The lowest BCUT2D eigenvalue weighted by atomic mass is 10.0. The van der Waals surface area contributed by atoms with Gasteiger partial charge in [0.25, 0.3) is 0 Å². The summed E-state index contributed by atoms with van der Waals surface area (Å²) >= 11 is 0. The van der Waals surface area contributed by atoms with Gasteiger partial charge >= 0.3 is 5.69 Å². The summed E-state index contributed by atoms with van der Waals surface area (Å²) in [5.74, 6) is 0.616. The average Bonchev–Trinajstić information content (AvgIpc) is 3.45. The Morgan fingerprint density at radius 1 is 0.970 bits per heavy atom. The van der Waals surface area contributed by atoms with Crippen molar-refractivity contribution in [2.24, 2.45) is 0 Å². The monoisotopic (exact) mass is 445 g/mol. The molecule has 0 radical (unpaired) electrons. The van der Waals surface area contributed by atoms with E-state index in [1.165, 1.54) is 0 Å². The first-order valence-electron chi connectivity index (χ1n) is 11.7. The van der Waals surface area contributed by atoms with E-state index in [1.54, 1.807) is 0 Å². The molecule has 4 rings (SSSR count). The van der Waals surface area contributed by atoms with Gasteiger partial charge in [-0.15, -0.1) is 5.10 Å². The third-order valence-corrected chi connectivity index (χ3v) is 6.07. The molecule has 0 spiro atoms. The number of hydrogen-bond donors (Lipinski definition) is 1. The molecule has 4 aromatic rings. The number of aromatic nitrogens is 7. The van der Waals surface area contributed by atoms with Crippen LogP contribution in [0.1, 0.15) is 56.6 Å². The van der Waals surface area contributed by atoms with E-state index in [-0.39, 0.29) is 5.69 Å². The molecular formula is C25H31N7O. The fraction of sp³-hybridized carbons (Fsp3) is 0.400. The van der Waals surface area contributed by atoms with Crippen LogP contribution in [0.3, 0.4) is 0 Å². The van der Waals surface area contributed by atoms with Gasteiger partial charge in [-0.25, -0.2) is 9.89 Å².